The van der Waals surface area contributed by atoms with Gasteiger partial charge in [0, 0.05) is 19.2 Å². The van der Waals surface area contributed by atoms with Crippen LogP contribution in [-0.4, -0.2) is 17.3 Å². The zero-order chi connectivity index (χ0) is 8.55. The third-order valence-electron chi connectivity index (χ3n) is 2.59. The van der Waals surface area contributed by atoms with Gasteiger partial charge in [0.2, 0.25) is 0 Å². The molecule has 0 N–H and O–H groups in total. The van der Waals surface area contributed by atoms with Gasteiger partial charge in [0.25, 0.3) is 0 Å². The fourth-order valence-corrected chi connectivity index (χ4v) is 3.93. The van der Waals surface area contributed by atoms with E-state index in [0.717, 1.165) is 0 Å². The van der Waals surface area contributed by atoms with E-state index < -0.39 is 0 Å². The molecule has 1 aliphatic heterocycles. The maximum Gasteiger partial charge on any atom is 0.0883 e. The van der Waals surface area contributed by atoms with E-state index in [1.807, 2.05) is 8.93 Å². The van der Waals surface area contributed by atoms with Gasteiger partial charge in [0.1, 0.15) is 0 Å². The normalized spacial score (nSPS) is 28.2. The molecular formula is C9H12INS. The molecule has 0 aromatic rings. The fourth-order valence-electron chi connectivity index (χ4n) is 1.87. The van der Waals surface area contributed by atoms with Gasteiger partial charge in [-0.05, 0) is 45.7 Å². The first-order chi connectivity index (χ1) is 5.83. The smallest absolute Gasteiger partial charge is 0.0883 e. The van der Waals surface area contributed by atoms with Crippen LogP contribution in [0.5, 0.6) is 0 Å². The van der Waals surface area contributed by atoms with Gasteiger partial charge in [-0.25, -0.2) is 0 Å². The summed E-state index contributed by atoms with van der Waals surface area (Å²) >= 11 is 2.40. The Bertz CT molecular complexity index is 247. The predicted octanol–water partition coefficient (Wildman–Crippen LogP) is 3.34. The van der Waals surface area contributed by atoms with Crippen LogP contribution in [0.4, 0.5) is 0 Å². The van der Waals surface area contributed by atoms with Crippen molar-refractivity contribution in [3.8, 4) is 0 Å². The third-order valence-corrected chi connectivity index (χ3v) is 5.04. The molecule has 0 radical (unpaired) electrons. The lowest BCUT2D eigenvalue weighted by Crippen LogP contribution is -2.20. The van der Waals surface area contributed by atoms with E-state index in [2.05, 4.69) is 45.3 Å². The van der Waals surface area contributed by atoms with Crippen LogP contribution in [0.25, 0.3) is 0 Å². The molecule has 1 atom stereocenters. The third kappa shape index (κ3) is 1.41. The van der Waals surface area contributed by atoms with Crippen LogP contribution in [0.15, 0.2) is 23.4 Å². The number of nitrogens with zero attached hydrogens (tertiary/aromatic N) is 1. The zero-order valence-corrected chi connectivity index (χ0v) is 10.1. The molecule has 0 bridgehead atoms. The van der Waals surface area contributed by atoms with E-state index in [0.29, 0.717) is 5.37 Å². The number of likely N-dealkylation sites (N-methyl/N-ethyl adjacent to an activating group) is 1. The van der Waals surface area contributed by atoms with Crippen molar-refractivity contribution in [3.05, 3.63) is 23.4 Å². The zero-order valence-electron chi connectivity index (χ0n) is 7.09. The molecule has 0 spiro atoms. The fraction of sp³-hybridized carbons (Fsp3) is 0.556. The van der Waals surface area contributed by atoms with Crippen LogP contribution in [0.3, 0.4) is 0 Å². The first kappa shape index (κ1) is 8.94. The van der Waals surface area contributed by atoms with Crippen LogP contribution in [0.2, 0.25) is 0 Å². The van der Waals surface area contributed by atoms with Gasteiger partial charge in [-0.1, -0.05) is 15.0 Å². The molecule has 0 aromatic heterocycles. The molecule has 12 heavy (non-hydrogen) atoms. The van der Waals surface area contributed by atoms with Crippen molar-refractivity contribution in [2.45, 2.75) is 24.6 Å². The molecule has 3 heteroatoms. The van der Waals surface area contributed by atoms with Crippen molar-refractivity contribution in [2.24, 2.45) is 0 Å². The molecule has 0 amide bonds. The summed E-state index contributed by atoms with van der Waals surface area (Å²) in [6, 6.07) is 0. The SMILES string of the molecule is CN1C2=C(CCC=C2)C[C@@H]1SI. The van der Waals surface area contributed by atoms with Gasteiger partial charge in [0.15, 0.2) is 0 Å². The summed E-state index contributed by atoms with van der Waals surface area (Å²) in [6.45, 7) is 0. The van der Waals surface area contributed by atoms with Crippen LogP contribution in [0, 0.1) is 0 Å². The molecule has 0 unspecified atom stereocenters. The van der Waals surface area contributed by atoms with E-state index in [1.54, 1.807) is 5.57 Å². The average Bonchev–Trinajstić information content (AvgIpc) is 2.44. The van der Waals surface area contributed by atoms with Crippen LogP contribution >= 0.6 is 30.1 Å². The standard InChI is InChI=1S/C9H12INS/c1-11-8-5-3-2-4-7(8)6-9(11)12-10/h3,5,9H,2,4,6H2,1H3/t9-/m0/s1. The molecule has 1 aliphatic carbocycles. The maximum absolute atomic E-state index is 2.40. The van der Waals surface area contributed by atoms with Gasteiger partial charge in [0.05, 0.1) is 5.37 Å². The molecule has 0 saturated heterocycles. The van der Waals surface area contributed by atoms with Crippen molar-refractivity contribution < 1.29 is 0 Å². The van der Waals surface area contributed by atoms with Crippen LogP contribution in [0.1, 0.15) is 19.3 Å². The highest BCUT2D eigenvalue weighted by Gasteiger charge is 2.27. The first-order valence-corrected chi connectivity index (χ1v) is 7.64. The predicted molar refractivity (Wildman–Crippen MR) is 63.2 cm³/mol. The Labute approximate surface area is 89.9 Å². The lowest BCUT2D eigenvalue weighted by Gasteiger charge is -2.21. The molecule has 2 rings (SSSR count). The second-order valence-corrected chi connectivity index (χ2v) is 5.54. The van der Waals surface area contributed by atoms with Gasteiger partial charge in [-0.2, -0.15) is 0 Å². The Balaban J connectivity index is 2.20. The van der Waals surface area contributed by atoms with Crippen LogP contribution < -0.4 is 0 Å². The largest absolute Gasteiger partial charge is 0.362 e. The summed E-state index contributed by atoms with van der Waals surface area (Å²) in [7, 11) is 4.13. The van der Waals surface area contributed by atoms with Crippen molar-refractivity contribution in [1.82, 2.24) is 4.90 Å². The van der Waals surface area contributed by atoms with Crippen molar-refractivity contribution in [2.75, 3.05) is 7.05 Å². The first-order valence-electron chi connectivity index (χ1n) is 4.21. The summed E-state index contributed by atoms with van der Waals surface area (Å²) in [4.78, 5) is 2.40. The molecule has 1 nitrogen and oxygen atoms in total. The molecule has 1 heterocycles. The number of hydrogen-bond donors (Lipinski definition) is 0. The van der Waals surface area contributed by atoms with Crippen molar-refractivity contribution >= 4 is 30.1 Å². The molecule has 0 aromatic carbocycles. The molecule has 0 saturated carbocycles. The van der Waals surface area contributed by atoms with E-state index >= 15 is 0 Å². The quantitative estimate of drug-likeness (QED) is 0.682. The van der Waals surface area contributed by atoms with E-state index in [9.17, 15) is 0 Å². The van der Waals surface area contributed by atoms with E-state index in [1.165, 1.54) is 25.0 Å². The number of rotatable bonds is 1. The van der Waals surface area contributed by atoms with Gasteiger partial charge in [-0.15, -0.1) is 0 Å². The van der Waals surface area contributed by atoms with Crippen molar-refractivity contribution in [1.29, 1.82) is 0 Å². The topological polar surface area (TPSA) is 3.24 Å². The monoisotopic (exact) mass is 293 g/mol. The minimum Gasteiger partial charge on any atom is -0.362 e. The Kier molecular flexibility index (Phi) is 2.69. The summed E-state index contributed by atoms with van der Waals surface area (Å²) in [5, 5.41) is 0.679. The van der Waals surface area contributed by atoms with Gasteiger partial charge < -0.3 is 4.90 Å². The van der Waals surface area contributed by atoms with Gasteiger partial charge in [-0.3, -0.25) is 0 Å². The highest BCUT2D eigenvalue weighted by molar-refractivity contribution is 14.2. The molecular weight excluding hydrogens is 281 g/mol. The Morgan fingerprint density at radius 2 is 2.50 bits per heavy atom. The number of halogens is 1. The summed E-state index contributed by atoms with van der Waals surface area (Å²) < 4.78 is 0. The Morgan fingerprint density at radius 1 is 1.67 bits per heavy atom. The minimum atomic E-state index is 0.679. The second kappa shape index (κ2) is 3.62. The lowest BCUT2D eigenvalue weighted by atomic mass is 10.0. The van der Waals surface area contributed by atoms with E-state index in [-0.39, 0.29) is 0 Å². The second-order valence-electron chi connectivity index (χ2n) is 3.29. The van der Waals surface area contributed by atoms with Crippen molar-refractivity contribution in [3.63, 3.8) is 0 Å². The van der Waals surface area contributed by atoms with E-state index in [4.69, 9.17) is 0 Å². The lowest BCUT2D eigenvalue weighted by molar-refractivity contribution is 0.440. The summed E-state index contributed by atoms with van der Waals surface area (Å²) in [6.07, 6.45) is 8.36. The molecule has 2 aliphatic rings. The average molecular weight is 293 g/mol. The number of hydrogen-bond acceptors (Lipinski definition) is 2. The molecule has 66 valence electrons. The minimum absolute atomic E-state index is 0.679. The highest BCUT2D eigenvalue weighted by Crippen LogP contribution is 2.40. The summed E-state index contributed by atoms with van der Waals surface area (Å²) in [5.74, 6) is 0. The number of allylic oxidation sites excluding steroid dienone is 2. The van der Waals surface area contributed by atoms with Crippen LogP contribution in [-0.2, 0) is 0 Å². The summed E-state index contributed by atoms with van der Waals surface area (Å²) in [5.41, 5.74) is 3.14. The maximum atomic E-state index is 2.40. The molecule has 0 fully saturated rings. The Hall–Kier alpha value is 0.360. The highest BCUT2D eigenvalue weighted by atomic mass is 127. The van der Waals surface area contributed by atoms with Gasteiger partial charge >= 0.3 is 0 Å². The Morgan fingerprint density at radius 3 is 3.17 bits per heavy atom.